The molecule has 1 saturated heterocycles. The molecule has 0 radical (unpaired) electrons. The fourth-order valence-electron chi connectivity index (χ4n) is 3.92. The molecule has 3 aromatic rings. The van der Waals surface area contributed by atoms with Crippen LogP contribution in [0, 0.1) is 6.92 Å². The summed E-state index contributed by atoms with van der Waals surface area (Å²) in [6.45, 7) is 6.97. The lowest BCUT2D eigenvalue weighted by molar-refractivity contribution is -0.118. The molecule has 1 amide bonds. The van der Waals surface area contributed by atoms with Gasteiger partial charge in [-0.1, -0.05) is 52.8 Å². The van der Waals surface area contributed by atoms with Crippen LogP contribution < -0.4 is 9.64 Å². The van der Waals surface area contributed by atoms with Gasteiger partial charge < -0.3 is 9.47 Å². The van der Waals surface area contributed by atoms with Crippen molar-refractivity contribution in [3.05, 3.63) is 52.5 Å². The summed E-state index contributed by atoms with van der Waals surface area (Å²) in [5.74, 6) is 0.693. The number of halogens is 1. The van der Waals surface area contributed by atoms with Gasteiger partial charge in [-0.2, -0.15) is 0 Å². The van der Waals surface area contributed by atoms with Crippen LogP contribution in [-0.4, -0.2) is 62.3 Å². The minimum Gasteiger partial charge on any atom is -0.494 e. The van der Waals surface area contributed by atoms with E-state index in [1.54, 1.807) is 7.11 Å². The Hall–Kier alpha value is -2.19. The molecule has 1 aliphatic rings. The first-order valence-corrected chi connectivity index (χ1v) is 12.0. The van der Waals surface area contributed by atoms with Crippen LogP contribution in [0.15, 0.2) is 36.4 Å². The summed E-state index contributed by atoms with van der Waals surface area (Å²) >= 11 is 7.87. The second kappa shape index (κ2) is 10.6. The van der Waals surface area contributed by atoms with Crippen molar-refractivity contribution in [2.75, 3.05) is 51.4 Å². The van der Waals surface area contributed by atoms with E-state index in [0.717, 1.165) is 55.1 Å². The Balaban J connectivity index is 1.58. The number of benzene rings is 2. The number of rotatable bonds is 8. The molecule has 0 bridgehead atoms. The van der Waals surface area contributed by atoms with Gasteiger partial charge in [-0.05, 0) is 31.0 Å². The summed E-state index contributed by atoms with van der Waals surface area (Å²) in [5.41, 5.74) is 2.84. The molecule has 0 saturated carbocycles. The third kappa shape index (κ3) is 5.41. The molecule has 1 fully saturated rings. The summed E-state index contributed by atoms with van der Waals surface area (Å²) in [7, 11) is 1.62. The summed E-state index contributed by atoms with van der Waals surface area (Å²) < 4.78 is 11.7. The number of amides is 1. The number of anilines is 1. The van der Waals surface area contributed by atoms with Crippen LogP contribution in [0.2, 0.25) is 5.02 Å². The molecule has 0 N–H and O–H groups in total. The van der Waals surface area contributed by atoms with E-state index in [1.165, 1.54) is 11.3 Å². The van der Waals surface area contributed by atoms with Crippen LogP contribution in [0.25, 0.3) is 10.2 Å². The first kappa shape index (κ1) is 23.0. The standard InChI is InChI=1S/C24H28ClN3O3S/c1-17-5-3-6-18(15-17)16-21(29)28(10-4-9-27-11-13-31-14-12-27)24-26-22-20(30-2)8-7-19(25)23(22)32-24/h3,5-8,15H,4,9-14,16H2,1-2H3. The molecule has 1 aromatic heterocycles. The zero-order chi connectivity index (χ0) is 22.5. The van der Waals surface area contributed by atoms with Crippen LogP contribution in [0.3, 0.4) is 0 Å². The molecule has 0 spiro atoms. The predicted octanol–water partition coefficient (Wildman–Crippen LogP) is 4.56. The van der Waals surface area contributed by atoms with Crippen LogP contribution in [0.5, 0.6) is 5.75 Å². The number of fused-ring (bicyclic) bond motifs is 1. The van der Waals surface area contributed by atoms with Crippen molar-refractivity contribution in [2.24, 2.45) is 0 Å². The first-order chi connectivity index (χ1) is 15.5. The van der Waals surface area contributed by atoms with Gasteiger partial charge in [0.2, 0.25) is 5.91 Å². The monoisotopic (exact) mass is 473 g/mol. The quantitative estimate of drug-likeness (QED) is 0.480. The van der Waals surface area contributed by atoms with E-state index in [9.17, 15) is 4.79 Å². The van der Waals surface area contributed by atoms with Gasteiger partial charge in [0, 0.05) is 26.2 Å². The molecule has 6 nitrogen and oxygen atoms in total. The van der Waals surface area contributed by atoms with E-state index in [1.807, 2.05) is 42.2 Å². The molecule has 0 unspecified atom stereocenters. The van der Waals surface area contributed by atoms with Crippen molar-refractivity contribution in [2.45, 2.75) is 19.8 Å². The Morgan fingerprint density at radius 3 is 2.84 bits per heavy atom. The normalized spacial score (nSPS) is 14.6. The number of hydrogen-bond donors (Lipinski definition) is 0. The Morgan fingerprint density at radius 2 is 2.09 bits per heavy atom. The topological polar surface area (TPSA) is 54.9 Å². The van der Waals surface area contributed by atoms with Crippen LogP contribution >= 0.6 is 22.9 Å². The molecule has 1 aliphatic heterocycles. The first-order valence-electron chi connectivity index (χ1n) is 10.8. The molecule has 0 atom stereocenters. The van der Waals surface area contributed by atoms with Gasteiger partial charge in [0.25, 0.3) is 0 Å². The maximum absolute atomic E-state index is 13.4. The minimum absolute atomic E-state index is 0.0340. The molecule has 32 heavy (non-hydrogen) atoms. The van der Waals surface area contributed by atoms with Gasteiger partial charge in [-0.15, -0.1) is 0 Å². The summed E-state index contributed by atoms with van der Waals surface area (Å²) in [4.78, 5) is 22.4. The van der Waals surface area contributed by atoms with E-state index in [0.29, 0.717) is 34.4 Å². The number of aromatic nitrogens is 1. The van der Waals surface area contributed by atoms with Crippen molar-refractivity contribution >= 4 is 44.2 Å². The highest BCUT2D eigenvalue weighted by Gasteiger charge is 2.22. The van der Waals surface area contributed by atoms with E-state index in [-0.39, 0.29) is 5.91 Å². The second-order valence-electron chi connectivity index (χ2n) is 7.94. The van der Waals surface area contributed by atoms with Crippen molar-refractivity contribution in [1.82, 2.24) is 9.88 Å². The number of thiazole rings is 1. The van der Waals surface area contributed by atoms with E-state index in [2.05, 4.69) is 11.0 Å². The summed E-state index contributed by atoms with van der Waals surface area (Å²) in [5, 5.41) is 1.27. The lowest BCUT2D eigenvalue weighted by atomic mass is 10.1. The number of carbonyl (C=O) groups excluding carboxylic acids is 1. The number of ether oxygens (including phenoxy) is 2. The average molecular weight is 474 g/mol. The maximum atomic E-state index is 13.4. The van der Waals surface area contributed by atoms with Crippen molar-refractivity contribution < 1.29 is 14.3 Å². The highest BCUT2D eigenvalue weighted by atomic mass is 35.5. The summed E-state index contributed by atoms with van der Waals surface area (Å²) in [6.07, 6.45) is 1.19. The number of morpholine rings is 1. The highest BCUT2D eigenvalue weighted by molar-refractivity contribution is 7.23. The van der Waals surface area contributed by atoms with Gasteiger partial charge >= 0.3 is 0 Å². The summed E-state index contributed by atoms with van der Waals surface area (Å²) in [6, 6.07) is 11.7. The number of hydrogen-bond acceptors (Lipinski definition) is 6. The smallest absolute Gasteiger partial charge is 0.233 e. The molecule has 2 heterocycles. The Labute approximate surface area is 197 Å². The number of carbonyl (C=O) groups is 1. The Kier molecular flexibility index (Phi) is 7.63. The van der Waals surface area contributed by atoms with Gasteiger partial charge in [0.05, 0.1) is 36.5 Å². The highest BCUT2D eigenvalue weighted by Crippen LogP contribution is 2.39. The zero-order valence-corrected chi connectivity index (χ0v) is 20.0. The molecule has 0 aliphatic carbocycles. The van der Waals surface area contributed by atoms with Crippen molar-refractivity contribution in [3.63, 3.8) is 0 Å². The zero-order valence-electron chi connectivity index (χ0n) is 18.5. The Bertz CT molecular complexity index is 1080. The fraction of sp³-hybridized carbons (Fsp3) is 0.417. The van der Waals surface area contributed by atoms with Crippen LogP contribution in [-0.2, 0) is 16.0 Å². The van der Waals surface area contributed by atoms with Gasteiger partial charge in [0.1, 0.15) is 11.3 Å². The SMILES string of the molecule is COc1ccc(Cl)c2sc(N(CCCN3CCOCC3)C(=O)Cc3cccc(C)c3)nc12. The van der Waals surface area contributed by atoms with Crippen LogP contribution in [0.1, 0.15) is 17.5 Å². The fourth-order valence-corrected chi connectivity index (χ4v) is 5.22. The number of methoxy groups -OCH3 is 1. The maximum Gasteiger partial charge on any atom is 0.233 e. The van der Waals surface area contributed by atoms with E-state index in [4.69, 9.17) is 26.1 Å². The molecule has 2 aromatic carbocycles. The third-order valence-corrected chi connectivity index (χ3v) is 7.14. The Morgan fingerprint density at radius 1 is 1.28 bits per heavy atom. The lowest BCUT2D eigenvalue weighted by Gasteiger charge is -2.27. The molecular formula is C24H28ClN3O3S. The molecule has 4 rings (SSSR count). The van der Waals surface area contributed by atoms with Crippen LogP contribution in [0.4, 0.5) is 5.13 Å². The van der Waals surface area contributed by atoms with E-state index < -0.39 is 0 Å². The van der Waals surface area contributed by atoms with Crippen molar-refractivity contribution in [3.8, 4) is 5.75 Å². The molecule has 170 valence electrons. The van der Waals surface area contributed by atoms with Crippen molar-refractivity contribution in [1.29, 1.82) is 0 Å². The predicted molar refractivity (Wildman–Crippen MR) is 130 cm³/mol. The van der Waals surface area contributed by atoms with E-state index >= 15 is 0 Å². The van der Waals surface area contributed by atoms with Gasteiger partial charge in [-0.25, -0.2) is 4.98 Å². The molecule has 8 heteroatoms. The largest absolute Gasteiger partial charge is 0.494 e. The lowest BCUT2D eigenvalue weighted by Crippen LogP contribution is -2.39. The van der Waals surface area contributed by atoms with Gasteiger partial charge in [0.15, 0.2) is 5.13 Å². The number of aryl methyl sites for hydroxylation is 1. The average Bonchev–Trinajstić information content (AvgIpc) is 3.23. The van der Waals surface area contributed by atoms with Gasteiger partial charge in [-0.3, -0.25) is 14.6 Å². The molecular weight excluding hydrogens is 446 g/mol. The third-order valence-electron chi connectivity index (χ3n) is 5.60. The number of nitrogens with zero attached hydrogens (tertiary/aromatic N) is 3. The second-order valence-corrected chi connectivity index (χ2v) is 9.33. The minimum atomic E-state index is 0.0340.